The Balaban J connectivity index is 1.87. The van der Waals surface area contributed by atoms with E-state index in [4.69, 9.17) is 4.99 Å². The molecule has 134 valence electrons. The van der Waals surface area contributed by atoms with Crippen molar-refractivity contribution in [2.45, 2.75) is 27.2 Å². The Morgan fingerprint density at radius 2 is 2.00 bits per heavy atom. The molecule has 5 heteroatoms. The van der Waals surface area contributed by atoms with E-state index in [0.29, 0.717) is 5.75 Å². The molecule has 1 fully saturated rings. The molecular weight excluding hydrogens is 300 g/mol. The molecule has 1 aliphatic rings. The first-order chi connectivity index (χ1) is 11.6. The van der Waals surface area contributed by atoms with E-state index in [1.54, 1.807) is 6.07 Å². The van der Waals surface area contributed by atoms with Crippen LogP contribution in [0.3, 0.4) is 0 Å². The summed E-state index contributed by atoms with van der Waals surface area (Å²) in [6.07, 6.45) is 0.844. The third-order valence-electron chi connectivity index (χ3n) is 4.20. The monoisotopic (exact) mass is 332 g/mol. The molecule has 2 rings (SSSR count). The molecule has 1 heterocycles. The van der Waals surface area contributed by atoms with Gasteiger partial charge in [-0.15, -0.1) is 0 Å². The second-order valence-electron chi connectivity index (χ2n) is 6.84. The number of benzene rings is 1. The molecule has 0 aromatic heterocycles. The molecule has 0 radical (unpaired) electrons. The number of hydrogen-bond donors (Lipinski definition) is 2. The highest BCUT2D eigenvalue weighted by atomic mass is 16.3. The van der Waals surface area contributed by atoms with Gasteiger partial charge in [0.15, 0.2) is 5.96 Å². The number of guanidine groups is 1. The maximum atomic E-state index is 9.54. The molecule has 0 amide bonds. The van der Waals surface area contributed by atoms with Gasteiger partial charge in [0, 0.05) is 45.8 Å². The lowest BCUT2D eigenvalue weighted by Crippen LogP contribution is -2.53. The van der Waals surface area contributed by atoms with Crippen molar-refractivity contribution in [3.63, 3.8) is 0 Å². The van der Waals surface area contributed by atoms with Crippen molar-refractivity contribution in [1.82, 2.24) is 15.1 Å². The van der Waals surface area contributed by atoms with Crippen molar-refractivity contribution >= 4 is 5.96 Å². The summed E-state index contributed by atoms with van der Waals surface area (Å²) < 4.78 is 0. The average molecular weight is 332 g/mol. The average Bonchev–Trinajstić information content (AvgIpc) is 2.54. The number of phenolic OH excluding ortho intramolecular Hbond substituents is 1. The Hall–Kier alpha value is -1.75. The summed E-state index contributed by atoms with van der Waals surface area (Å²) in [4.78, 5) is 9.68. The lowest BCUT2D eigenvalue weighted by molar-refractivity contribution is 0.164. The van der Waals surface area contributed by atoms with Gasteiger partial charge >= 0.3 is 0 Å². The lowest BCUT2D eigenvalue weighted by Gasteiger charge is -2.37. The molecular formula is C19H32N4O. The number of piperazine rings is 1. The first kappa shape index (κ1) is 18.6. The standard InChI is InChI=1S/C19H32N4O/c1-4-20-19(21-9-8-17-6-5-7-18(24)14-17)23-12-10-22(11-13-23)15-16(2)3/h5-7,14,16,24H,4,8-13,15H2,1-3H3,(H,20,21). The van der Waals surface area contributed by atoms with Crippen molar-refractivity contribution in [2.75, 3.05) is 45.8 Å². The van der Waals surface area contributed by atoms with Crippen LogP contribution in [-0.2, 0) is 6.42 Å². The predicted molar refractivity (Wildman–Crippen MR) is 101 cm³/mol. The number of aromatic hydroxyl groups is 1. The van der Waals surface area contributed by atoms with Crippen molar-refractivity contribution in [2.24, 2.45) is 10.9 Å². The van der Waals surface area contributed by atoms with E-state index in [1.807, 2.05) is 18.2 Å². The van der Waals surface area contributed by atoms with Crippen LogP contribution in [0.4, 0.5) is 0 Å². The third kappa shape index (κ3) is 6.04. The molecule has 0 bridgehead atoms. The van der Waals surface area contributed by atoms with Crippen LogP contribution in [0.5, 0.6) is 5.75 Å². The predicted octanol–water partition coefficient (Wildman–Crippen LogP) is 2.17. The highest BCUT2D eigenvalue weighted by Gasteiger charge is 2.19. The molecule has 24 heavy (non-hydrogen) atoms. The summed E-state index contributed by atoms with van der Waals surface area (Å²) in [6, 6.07) is 7.43. The fourth-order valence-corrected chi connectivity index (χ4v) is 3.09. The van der Waals surface area contributed by atoms with Gasteiger partial charge in [0.25, 0.3) is 0 Å². The Morgan fingerprint density at radius 3 is 2.62 bits per heavy atom. The van der Waals surface area contributed by atoms with E-state index in [-0.39, 0.29) is 0 Å². The van der Waals surface area contributed by atoms with Crippen LogP contribution >= 0.6 is 0 Å². The smallest absolute Gasteiger partial charge is 0.194 e. The summed E-state index contributed by atoms with van der Waals surface area (Å²) >= 11 is 0. The Labute approximate surface area is 146 Å². The van der Waals surface area contributed by atoms with Crippen molar-refractivity contribution < 1.29 is 5.11 Å². The minimum atomic E-state index is 0.324. The highest BCUT2D eigenvalue weighted by Crippen LogP contribution is 2.11. The molecule has 1 aliphatic heterocycles. The zero-order valence-electron chi connectivity index (χ0n) is 15.3. The van der Waals surface area contributed by atoms with Gasteiger partial charge in [-0.25, -0.2) is 0 Å². The first-order valence-electron chi connectivity index (χ1n) is 9.12. The van der Waals surface area contributed by atoms with Crippen molar-refractivity contribution in [1.29, 1.82) is 0 Å². The fraction of sp³-hybridized carbons (Fsp3) is 0.632. The Morgan fingerprint density at radius 1 is 1.25 bits per heavy atom. The number of aliphatic imine (C=N–C) groups is 1. The van der Waals surface area contributed by atoms with E-state index in [9.17, 15) is 5.11 Å². The minimum Gasteiger partial charge on any atom is -0.508 e. The van der Waals surface area contributed by atoms with Gasteiger partial charge in [0.1, 0.15) is 5.75 Å². The topological polar surface area (TPSA) is 51.1 Å². The molecule has 2 N–H and O–H groups in total. The Bertz CT molecular complexity index is 522. The summed E-state index contributed by atoms with van der Waals surface area (Å²) in [5, 5.41) is 12.9. The molecule has 1 saturated heterocycles. The van der Waals surface area contributed by atoms with Crippen LogP contribution in [0.15, 0.2) is 29.3 Å². The number of rotatable bonds is 6. The fourth-order valence-electron chi connectivity index (χ4n) is 3.09. The third-order valence-corrected chi connectivity index (χ3v) is 4.20. The normalized spacial score (nSPS) is 16.7. The van der Waals surface area contributed by atoms with Gasteiger partial charge in [-0.3, -0.25) is 9.89 Å². The molecule has 0 aliphatic carbocycles. The molecule has 0 spiro atoms. The molecule has 0 atom stereocenters. The number of phenols is 1. The van der Waals surface area contributed by atoms with Gasteiger partial charge in [0.2, 0.25) is 0 Å². The lowest BCUT2D eigenvalue weighted by atomic mass is 10.1. The number of hydrogen-bond acceptors (Lipinski definition) is 3. The van der Waals surface area contributed by atoms with E-state index in [2.05, 4.69) is 35.9 Å². The molecule has 0 unspecified atom stereocenters. The van der Waals surface area contributed by atoms with Gasteiger partial charge in [-0.1, -0.05) is 26.0 Å². The summed E-state index contributed by atoms with van der Waals surface area (Å²) in [5.41, 5.74) is 1.12. The molecule has 1 aromatic carbocycles. The maximum Gasteiger partial charge on any atom is 0.194 e. The van der Waals surface area contributed by atoms with Crippen LogP contribution in [-0.4, -0.2) is 66.7 Å². The zero-order valence-corrected chi connectivity index (χ0v) is 15.3. The zero-order chi connectivity index (χ0) is 17.4. The molecule has 5 nitrogen and oxygen atoms in total. The van der Waals surface area contributed by atoms with Crippen molar-refractivity contribution in [3.8, 4) is 5.75 Å². The SMILES string of the molecule is CCNC(=NCCc1cccc(O)c1)N1CCN(CC(C)C)CC1. The van der Waals surface area contributed by atoms with Gasteiger partial charge in [-0.05, 0) is 37.0 Å². The molecule has 0 saturated carbocycles. The van der Waals surface area contributed by atoms with Crippen LogP contribution < -0.4 is 5.32 Å². The van der Waals surface area contributed by atoms with Crippen molar-refractivity contribution in [3.05, 3.63) is 29.8 Å². The van der Waals surface area contributed by atoms with Crippen LogP contribution in [0.25, 0.3) is 0 Å². The maximum absolute atomic E-state index is 9.54. The van der Waals surface area contributed by atoms with E-state index in [1.165, 1.54) is 6.54 Å². The van der Waals surface area contributed by atoms with E-state index in [0.717, 1.165) is 63.1 Å². The Kier molecular flexibility index (Phi) is 7.37. The van der Waals surface area contributed by atoms with Crippen LogP contribution in [0, 0.1) is 5.92 Å². The summed E-state index contributed by atoms with van der Waals surface area (Å²) in [5.74, 6) is 2.06. The van der Waals surface area contributed by atoms with Crippen LogP contribution in [0.1, 0.15) is 26.3 Å². The van der Waals surface area contributed by atoms with E-state index >= 15 is 0 Å². The first-order valence-corrected chi connectivity index (χ1v) is 9.12. The second-order valence-corrected chi connectivity index (χ2v) is 6.84. The van der Waals surface area contributed by atoms with Gasteiger partial charge in [0.05, 0.1) is 0 Å². The summed E-state index contributed by atoms with van der Waals surface area (Å²) in [7, 11) is 0. The second kappa shape index (κ2) is 9.52. The minimum absolute atomic E-state index is 0.324. The largest absolute Gasteiger partial charge is 0.508 e. The summed E-state index contributed by atoms with van der Waals surface area (Å²) in [6.45, 7) is 13.7. The van der Waals surface area contributed by atoms with E-state index < -0.39 is 0 Å². The van der Waals surface area contributed by atoms with Gasteiger partial charge in [-0.2, -0.15) is 0 Å². The van der Waals surface area contributed by atoms with Crippen LogP contribution in [0.2, 0.25) is 0 Å². The quantitative estimate of drug-likeness (QED) is 0.619. The number of nitrogens with one attached hydrogen (secondary N) is 1. The number of nitrogens with zero attached hydrogens (tertiary/aromatic N) is 3. The highest BCUT2D eigenvalue weighted by molar-refractivity contribution is 5.80. The van der Waals surface area contributed by atoms with Gasteiger partial charge < -0.3 is 15.3 Å². The molecule has 1 aromatic rings.